The molecule has 34 heavy (non-hydrogen) atoms. The van der Waals surface area contributed by atoms with Crippen molar-refractivity contribution in [2.24, 2.45) is 5.92 Å². The minimum Gasteiger partial charge on any atom is -0.406 e. The van der Waals surface area contributed by atoms with Crippen LogP contribution in [-0.2, 0) is 13.0 Å². The fourth-order valence-electron chi connectivity index (χ4n) is 4.30. The van der Waals surface area contributed by atoms with E-state index >= 15 is 0 Å². The van der Waals surface area contributed by atoms with Gasteiger partial charge in [-0.25, -0.2) is 4.98 Å². The minimum atomic E-state index is -4.75. The fraction of sp³-hybridized carbons (Fsp3) is 0.360. The van der Waals surface area contributed by atoms with Crippen LogP contribution in [-0.4, -0.2) is 34.8 Å². The molecule has 1 aliphatic heterocycles. The van der Waals surface area contributed by atoms with E-state index in [4.69, 9.17) is 11.6 Å². The summed E-state index contributed by atoms with van der Waals surface area (Å²) in [6.07, 6.45) is 1.15. The summed E-state index contributed by atoms with van der Waals surface area (Å²) in [4.78, 5) is 19.4. The van der Waals surface area contributed by atoms with Crippen LogP contribution in [0, 0.1) is 5.92 Å². The Morgan fingerprint density at radius 1 is 1.15 bits per heavy atom. The molecule has 0 spiro atoms. The van der Waals surface area contributed by atoms with E-state index in [2.05, 4.69) is 26.1 Å². The van der Waals surface area contributed by atoms with Crippen LogP contribution in [0.5, 0.6) is 5.75 Å². The van der Waals surface area contributed by atoms with Crippen molar-refractivity contribution >= 4 is 23.1 Å². The Kier molecular flexibility index (Phi) is 7.16. The van der Waals surface area contributed by atoms with Gasteiger partial charge >= 0.3 is 6.36 Å². The van der Waals surface area contributed by atoms with Crippen LogP contribution in [0.15, 0.2) is 54.9 Å². The number of hydrogen-bond acceptors (Lipinski definition) is 4. The lowest BCUT2D eigenvalue weighted by atomic mass is 9.88. The lowest BCUT2D eigenvalue weighted by molar-refractivity contribution is -0.274. The molecular formula is C25H25ClF3N3O2. The third-order valence-electron chi connectivity index (χ3n) is 6.10. The quantitative estimate of drug-likeness (QED) is 0.372. The van der Waals surface area contributed by atoms with Gasteiger partial charge in [-0.1, -0.05) is 24.6 Å². The third kappa shape index (κ3) is 5.73. The number of nitrogens with zero attached hydrogens (tertiary/aromatic N) is 3. The highest BCUT2D eigenvalue weighted by molar-refractivity contribution is 6.31. The average Bonchev–Trinajstić information content (AvgIpc) is 3.27. The molecule has 0 unspecified atom stereocenters. The van der Waals surface area contributed by atoms with Gasteiger partial charge in [0, 0.05) is 54.1 Å². The molecule has 0 N–H and O–H groups in total. The third-order valence-corrected chi connectivity index (χ3v) is 6.45. The van der Waals surface area contributed by atoms with Gasteiger partial charge in [-0.2, -0.15) is 0 Å². The van der Waals surface area contributed by atoms with Crippen molar-refractivity contribution in [2.75, 3.05) is 18.0 Å². The van der Waals surface area contributed by atoms with Gasteiger partial charge in [-0.05, 0) is 54.8 Å². The number of anilines is 1. The molecule has 5 nitrogen and oxygen atoms in total. The van der Waals surface area contributed by atoms with Crippen molar-refractivity contribution in [3.8, 4) is 5.75 Å². The molecule has 0 saturated carbocycles. The Labute approximate surface area is 201 Å². The van der Waals surface area contributed by atoms with E-state index < -0.39 is 6.36 Å². The van der Waals surface area contributed by atoms with E-state index in [9.17, 15) is 18.0 Å². The summed E-state index contributed by atoms with van der Waals surface area (Å²) < 4.78 is 42.9. The second-order valence-corrected chi connectivity index (χ2v) is 8.71. The number of Topliss-reactive ketones (excluding diaryl/α,β-unsaturated/α-hetero) is 1. The Morgan fingerprint density at radius 3 is 2.47 bits per heavy atom. The number of ketones is 1. The number of aryl methyl sites for hydroxylation is 1. The van der Waals surface area contributed by atoms with Crippen molar-refractivity contribution < 1.29 is 22.7 Å². The number of piperidine rings is 1. The fourth-order valence-corrected chi connectivity index (χ4v) is 4.53. The number of halogens is 4. The molecule has 1 aromatic heterocycles. The zero-order valence-corrected chi connectivity index (χ0v) is 19.4. The summed E-state index contributed by atoms with van der Waals surface area (Å²) in [7, 11) is 0. The summed E-state index contributed by atoms with van der Waals surface area (Å²) in [6.45, 7) is 4.12. The number of alkyl halides is 3. The number of hydrogen-bond donors (Lipinski definition) is 0. The molecule has 3 aromatic rings. The summed E-state index contributed by atoms with van der Waals surface area (Å²) in [5.41, 5.74) is 2.42. The van der Waals surface area contributed by atoms with E-state index in [-0.39, 0.29) is 17.5 Å². The van der Waals surface area contributed by atoms with Crippen LogP contribution in [0.4, 0.5) is 18.9 Å². The van der Waals surface area contributed by atoms with E-state index in [1.54, 1.807) is 6.20 Å². The second-order valence-electron chi connectivity index (χ2n) is 8.30. The van der Waals surface area contributed by atoms with Gasteiger partial charge in [0.15, 0.2) is 5.78 Å². The van der Waals surface area contributed by atoms with E-state index in [1.807, 2.05) is 24.4 Å². The molecule has 2 aromatic carbocycles. The molecule has 9 heteroatoms. The molecular weight excluding hydrogens is 467 g/mol. The largest absolute Gasteiger partial charge is 0.573 e. The molecule has 0 atom stereocenters. The van der Waals surface area contributed by atoms with Crippen molar-refractivity contribution in [1.82, 2.24) is 9.55 Å². The van der Waals surface area contributed by atoms with Crippen LogP contribution in [0.2, 0.25) is 5.02 Å². The summed E-state index contributed by atoms with van der Waals surface area (Å²) >= 11 is 6.58. The Hall–Kier alpha value is -3.00. The van der Waals surface area contributed by atoms with E-state index in [0.717, 1.165) is 23.5 Å². The first-order chi connectivity index (χ1) is 16.2. The summed E-state index contributed by atoms with van der Waals surface area (Å²) in [6, 6.07) is 11.2. The predicted octanol–water partition coefficient (Wildman–Crippen LogP) is 6.15. The highest BCUT2D eigenvalue weighted by Gasteiger charge is 2.31. The molecule has 180 valence electrons. The average molecular weight is 492 g/mol. The standard InChI is InChI=1S/C25H25ClF3N3O2/c1-2-23-30-11-14-32(23)16-19-3-6-20(15-22(19)26)31-12-9-18(10-13-31)24(33)17-4-7-21(8-5-17)34-25(27,28)29/h3-8,11,14-15,18H,2,9-10,12-13,16H2,1H3. The van der Waals surface area contributed by atoms with Crippen LogP contribution < -0.4 is 9.64 Å². The number of ether oxygens (including phenoxy) is 1. The van der Waals surface area contributed by atoms with Crippen molar-refractivity contribution in [2.45, 2.75) is 39.1 Å². The van der Waals surface area contributed by atoms with Crippen LogP contribution in [0.3, 0.4) is 0 Å². The Bertz CT molecular complexity index is 1140. The van der Waals surface area contributed by atoms with Gasteiger partial charge in [0.1, 0.15) is 11.6 Å². The molecule has 2 heterocycles. The van der Waals surface area contributed by atoms with E-state index in [0.29, 0.717) is 43.1 Å². The Balaban J connectivity index is 1.35. The summed E-state index contributed by atoms with van der Waals surface area (Å²) in [5.74, 6) is 0.445. The first-order valence-corrected chi connectivity index (χ1v) is 11.5. The first-order valence-electron chi connectivity index (χ1n) is 11.2. The van der Waals surface area contributed by atoms with Crippen molar-refractivity contribution in [3.63, 3.8) is 0 Å². The maximum absolute atomic E-state index is 12.8. The van der Waals surface area contributed by atoms with Gasteiger partial charge < -0.3 is 14.2 Å². The summed E-state index contributed by atoms with van der Waals surface area (Å²) in [5, 5.41) is 0.688. The molecule has 0 bridgehead atoms. The second kappa shape index (κ2) is 10.1. The molecule has 0 amide bonds. The number of imidazole rings is 1. The van der Waals surface area contributed by atoms with E-state index in [1.165, 1.54) is 24.3 Å². The highest BCUT2D eigenvalue weighted by Crippen LogP contribution is 2.30. The number of aromatic nitrogens is 2. The minimum absolute atomic E-state index is 0.0568. The van der Waals surface area contributed by atoms with Gasteiger partial charge in [0.2, 0.25) is 0 Å². The number of carbonyl (C=O) groups excluding carboxylic acids is 1. The molecule has 4 rings (SSSR count). The van der Waals surface area contributed by atoms with Crippen molar-refractivity contribution in [1.29, 1.82) is 0 Å². The van der Waals surface area contributed by atoms with Crippen LogP contribution >= 0.6 is 11.6 Å². The molecule has 1 saturated heterocycles. The number of rotatable bonds is 7. The maximum atomic E-state index is 12.8. The van der Waals surface area contributed by atoms with Gasteiger partial charge in [-0.15, -0.1) is 13.2 Å². The smallest absolute Gasteiger partial charge is 0.406 e. The number of carbonyl (C=O) groups is 1. The Morgan fingerprint density at radius 2 is 1.85 bits per heavy atom. The lowest BCUT2D eigenvalue weighted by Gasteiger charge is -2.33. The monoisotopic (exact) mass is 491 g/mol. The molecule has 1 aliphatic rings. The number of benzene rings is 2. The van der Waals surface area contributed by atoms with Gasteiger partial charge in [0.25, 0.3) is 0 Å². The topological polar surface area (TPSA) is 47.4 Å². The molecule has 0 aliphatic carbocycles. The zero-order chi connectivity index (χ0) is 24.3. The van der Waals surface area contributed by atoms with Gasteiger partial charge in [0.05, 0.1) is 6.54 Å². The SMILES string of the molecule is CCc1nccn1Cc1ccc(N2CCC(C(=O)c3ccc(OC(F)(F)F)cc3)CC2)cc1Cl. The normalized spacial score (nSPS) is 14.9. The maximum Gasteiger partial charge on any atom is 0.573 e. The first kappa shape index (κ1) is 24.1. The van der Waals surface area contributed by atoms with Crippen LogP contribution in [0.25, 0.3) is 0 Å². The molecule has 0 radical (unpaired) electrons. The van der Waals surface area contributed by atoms with Gasteiger partial charge in [-0.3, -0.25) is 4.79 Å². The van der Waals surface area contributed by atoms with Crippen molar-refractivity contribution in [3.05, 3.63) is 76.8 Å². The van der Waals surface area contributed by atoms with Crippen LogP contribution in [0.1, 0.15) is 41.5 Å². The molecule has 1 fully saturated rings. The highest BCUT2D eigenvalue weighted by atomic mass is 35.5. The predicted molar refractivity (Wildman–Crippen MR) is 125 cm³/mol. The zero-order valence-electron chi connectivity index (χ0n) is 18.7. The lowest BCUT2D eigenvalue weighted by Crippen LogP contribution is -2.36.